The Morgan fingerprint density at radius 3 is 2.86 bits per heavy atom. The highest BCUT2D eigenvalue weighted by Crippen LogP contribution is 2.28. The maximum atomic E-state index is 13.8. The molecule has 2 rings (SSSR count). The molecule has 0 saturated carbocycles. The van der Waals surface area contributed by atoms with Gasteiger partial charge in [0.2, 0.25) is 10.0 Å². The number of carboxylic acid groups (broad SMARTS) is 1. The van der Waals surface area contributed by atoms with Crippen LogP contribution in [-0.2, 0) is 14.8 Å². The van der Waals surface area contributed by atoms with Crippen LogP contribution in [-0.4, -0.2) is 36.9 Å². The predicted octanol–water partition coefficient (Wildman–Crippen LogP) is 2.01. The number of aliphatic carboxylic acids is 1. The highest BCUT2D eigenvalue weighted by atomic mass is 32.2. The Kier molecular flexibility index (Phi) is 4.63. The van der Waals surface area contributed by atoms with E-state index in [-0.39, 0.29) is 23.8 Å². The lowest BCUT2D eigenvalue weighted by molar-refractivity contribution is -0.137. The average Bonchev–Trinajstić information content (AvgIpc) is 2.88. The van der Waals surface area contributed by atoms with E-state index in [2.05, 4.69) is 0 Å². The van der Waals surface area contributed by atoms with E-state index in [1.807, 2.05) is 0 Å². The summed E-state index contributed by atoms with van der Waals surface area (Å²) in [6.07, 6.45) is 1.08. The zero-order valence-electron chi connectivity index (χ0n) is 11.8. The Morgan fingerprint density at radius 2 is 2.19 bits per heavy atom. The molecule has 7 heteroatoms. The number of carbonyl (C=O) groups is 1. The fraction of sp³-hybridized carbons (Fsp3) is 0.500. The third-order valence-corrected chi connectivity index (χ3v) is 5.60. The summed E-state index contributed by atoms with van der Waals surface area (Å²) in [6.45, 7) is 2.26. The van der Waals surface area contributed by atoms with Crippen LogP contribution in [0.5, 0.6) is 0 Å². The lowest BCUT2D eigenvalue weighted by Gasteiger charge is -2.17. The van der Waals surface area contributed by atoms with Crippen molar-refractivity contribution < 1.29 is 22.7 Å². The van der Waals surface area contributed by atoms with Gasteiger partial charge in [-0.25, -0.2) is 12.8 Å². The molecule has 0 amide bonds. The molecular weight excluding hydrogens is 297 g/mol. The maximum absolute atomic E-state index is 13.8. The normalized spacial score (nSPS) is 19.8. The first-order valence-corrected chi connectivity index (χ1v) is 8.23. The average molecular weight is 315 g/mol. The zero-order valence-corrected chi connectivity index (χ0v) is 12.6. The van der Waals surface area contributed by atoms with Gasteiger partial charge in [-0.2, -0.15) is 4.31 Å². The topological polar surface area (TPSA) is 74.7 Å². The molecule has 0 bridgehead atoms. The third-order valence-electron chi connectivity index (χ3n) is 3.72. The van der Waals surface area contributed by atoms with Crippen LogP contribution >= 0.6 is 0 Å². The van der Waals surface area contributed by atoms with Crippen LogP contribution < -0.4 is 0 Å². The van der Waals surface area contributed by atoms with Gasteiger partial charge in [0.1, 0.15) is 10.7 Å². The van der Waals surface area contributed by atoms with Crippen molar-refractivity contribution in [1.29, 1.82) is 0 Å². The molecule has 1 fully saturated rings. The van der Waals surface area contributed by atoms with Gasteiger partial charge in [-0.3, -0.25) is 4.79 Å². The first-order valence-electron chi connectivity index (χ1n) is 6.79. The molecule has 1 aliphatic rings. The number of benzene rings is 1. The predicted molar refractivity (Wildman–Crippen MR) is 74.9 cm³/mol. The van der Waals surface area contributed by atoms with Gasteiger partial charge in [-0.1, -0.05) is 6.07 Å². The number of halogens is 1. The quantitative estimate of drug-likeness (QED) is 0.902. The van der Waals surface area contributed by atoms with Gasteiger partial charge in [0.15, 0.2) is 0 Å². The number of sulfonamides is 1. The third kappa shape index (κ3) is 3.59. The van der Waals surface area contributed by atoms with E-state index in [0.717, 1.165) is 6.07 Å². The van der Waals surface area contributed by atoms with Crippen LogP contribution in [0, 0.1) is 18.7 Å². The fourth-order valence-corrected chi connectivity index (χ4v) is 4.21. The van der Waals surface area contributed by atoms with Crippen molar-refractivity contribution in [3.63, 3.8) is 0 Å². The number of nitrogens with zero attached hydrogens (tertiary/aromatic N) is 1. The Morgan fingerprint density at radius 1 is 1.48 bits per heavy atom. The zero-order chi connectivity index (χ0) is 15.6. The summed E-state index contributed by atoms with van der Waals surface area (Å²) in [7, 11) is -3.85. The summed E-state index contributed by atoms with van der Waals surface area (Å²) in [5.41, 5.74) is 0.677. The van der Waals surface area contributed by atoms with E-state index in [1.54, 1.807) is 6.92 Å². The molecule has 0 spiro atoms. The molecule has 1 aromatic rings. The highest BCUT2D eigenvalue weighted by Gasteiger charge is 2.34. The monoisotopic (exact) mass is 315 g/mol. The molecule has 0 aromatic heterocycles. The standard InChI is InChI=1S/C14H18FNO4S/c1-10-2-4-12(15)13(8-10)21(19,20)16-7-6-11(9-16)3-5-14(17)18/h2,4,8,11H,3,5-7,9H2,1H3,(H,17,18). The van der Waals surface area contributed by atoms with Gasteiger partial charge < -0.3 is 5.11 Å². The summed E-state index contributed by atoms with van der Waals surface area (Å²) in [5, 5.41) is 8.66. The van der Waals surface area contributed by atoms with E-state index < -0.39 is 21.8 Å². The van der Waals surface area contributed by atoms with Gasteiger partial charge >= 0.3 is 5.97 Å². The minimum atomic E-state index is -3.85. The molecule has 0 radical (unpaired) electrons. The molecule has 116 valence electrons. The van der Waals surface area contributed by atoms with E-state index in [4.69, 9.17) is 5.11 Å². The van der Waals surface area contributed by atoms with Crippen molar-refractivity contribution in [2.24, 2.45) is 5.92 Å². The Bertz CT molecular complexity index is 644. The Hall–Kier alpha value is -1.47. The fourth-order valence-electron chi connectivity index (χ4n) is 2.53. The van der Waals surface area contributed by atoms with E-state index in [0.29, 0.717) is 24.9 Å². The minimum Gasteiger partial charge on any atom is -0.481 e. The van der Waals surface area contributed by atoms with E-state index in [9.17, 15) is 17.6 Å². The van der Waals surface area contributed by atoms with Gasteiger partial charge in [0.05, 0.1) is 0 Å². The molecule has 1 heterocycles. The first kappa shape index (κ1) is 15.9. The van der Waals surface area contributed by atoms with Crippen LogP contribution in [0.1, 0.15) is 24.8 Å². The van der Waals surface area contributed by atoms with Crippen molar-refractivity contribution in [2.75, 3.05) is 13.1 Å². The molecule has 1 aliphatic heterocycles. The second kappa shape index (κ2) is 6.11. The molecule has 5 nitrogen and oxygen atoms in total. The molecule has 21 heavy (non-hydrogen) atoms. The molecule has 1 atom stereocenters. The summed E-state index contributed by atoms with van der Waals surface area (Å²) in [6, 6.07) is 4.00. The Balaban J connectivity index is 2.14. The van der Waals surface area contributed by atoms with E-state index in [1.165, 1.54) is 16.4 Å². The summed E-state index contributed by atoms with van der Waals surface area (Å²) in [4.78, 5) is 10.3. The number of rotatable bonds is 5. The summed E-state index contributed by atoms with van der Waals surface area (Å²) in [5.74, 6) is -1.63. The van der Waals surface area contributed by atoms with Crippen molar-refractivity contribution in [2.45, 2.75) is 31.1 Å². The SMILES string of the molecule is Cc1ccc(F)c(S(=O)(=O)N2CCC(CCC(=O)O)C2)c1. The van der Waals surface area contributed by atoms with Crippen LogP contribution in [0.2, 0.25) is 0 Å². The van der Waals surface area contributed by atoms with Crippen LogP contribution in [0.25, 0.3) is 0 Å². The summed E-state index contributed by atoms with van der Waals surface area (Å²) < 4.78 is 40.0. The second-order valence-corrected chi connectivity index (χ2v) is 7.29. The summed E-state index contributed by atoms with van der Waals surface area (Å²) >= 11 is 0. The first-order chi connectivity index (χ1) is 9.80. The van der Waals surface area contributed by atoms with Gasteiger partial charge in [0, 0.05) is 19.5 Å². The molecule has 1 saturated heterocycles. The van der Waals surface area contributed by atoms with Crippen molar-refractivity contribution in [1.82, 2.24) is 4.31 Å². The number of hydrogen-bond donors (Lipinski definition) is 1. The molecular formula is C14H18FNO4S. The molecule has 1 unspecified atom stereocenters. The second-order valence-electron chi connectivity index (χ2n) is 5.38. The number of hydrogen-bond acceptors (Lipinski definition) is 3. The van der Waals surface area contributed by atoms with Gasteiger partial charge in [-0.05, 0) is 43.4 Å². The lowest BCUT2D eigenvalue weighted by atomic mass is 10.0. The number of aryl methyl sites for hydroxylation is 1. The lowest BCUT2D eigenvalue weighted by Crippen LogP contribution is -2.29. The van der Waals surface area contributed by atoms with Crippen molar-refractivity contribution in [3.05, 3.63) is 29.6 Å². The van der Waals surface area contributed by atoms with Gasteiger partial charge in [-0.15, -0.1) is 0 Å². The van der Waals surface area contributed by atoms with Gasteiger partial charge in [0.25, 0.3) is 0 Å². The highest BCUT2D eigenvalue weighted by molar-refractivity contribution is 7.89. The van der Waals surface area contributed by atoms with Crippen molar-refractivity contribution >= 4 is 16.0 Å². The van der Waals surface area contributed by atoms with Crippen molar-refractivity contribution in [3.8, 4) is 0 Å². The van der Waals surface area contributed by atoms with Crippen LogP contribution in [0.3, 0.4) is 0 Å². The number of carboxylic acids is 1. The van der Waals surface area contributed by atoms with Crippen LogP contribution in [0.4, 0.5) is 4.39 Å². The Labute approximate surface area is 123 Å². The minimum absolute atomic E-state index is 0.0174. The maximum Gasteiger partial charge on any atom is 0.303 e. The smallest absolute Gasteiger partial charge is 0.303 e. The van der Waals surface area contributed by atoms with Crippen LogP contribution in [0.15, 0.2) is 23.1 Å². The largest absolute Gasteiger partial charge is 0.481 e. The molecule has 1 N–H and O–H groups in total. The molecule has 0 aliphatic carbocycles. The molecule has 1 aromatic carbocycles. The van der Waals surface area contributed by atoms with E-state index >= 15 is 0 Å².